The highest BCUT2D eigenvalue weighted by molar-refractivity contribution is 7.15. The lowest BCUT2D eigenvalue weighted by Crippen LogP contribution is -2.52. The Morgan fingerprint density at radius 3 is 2.34 bits per heavy atom. The van der Waals surface area contributed by atoms with Gasteiger partial charge in [-0.1, -0.05) is 79.7 Å². The number of morpholine rings is 1. The molecule has 4 aliphatic heterocycles. The van der Waals surface area contributed by atoms with Gasteiger partial charge in [0.05, 0.1) is 25.3 Å². The molecule has 18 heteroatoms. The highest BCUT2D eigenvalue weighted by Crippen LogP contribution is 2.40. The molecule has 0 bridgehead atoms. The van der Waals surface area contributed by atoms with E-state index >= 15 is 0 Å². The summed E-state index contributed by atoms with van der Waals surface area (Å²) in [5, 5.41) is 22.8. The van der Waals surface area contributed by atoms with Crippen molar-refractivity contribution < 1.29 is 28.7 Å². The smallest absolute Gasteiger partial charge is 0.255 e. The van der Waals surface area contributed by atoms with Crippen molar-refractivity contribution in [2.24, 2.45) is 4.99 Å². The number of unbranched alkanes of at least 4 members (excludes halogenated alkanes) is 5. The summed E-state index contributed by atoms with van der Waals surface area (Å²) in [5.41, 5.74) is 8.07. The van der Waals surface area contributed by atoms with E-state index in [2.05, 4.69) is 54.8 Å². The number of piperidine rings is 1. The molecule has 2 unspecified atom stereocenters. The highest BCUT2D eigenvalue weighted by atomic mass is 35.5. The van der Waals surface area contributed by atoms with Crippen LogP contribution in [0.1, 0.15) is 130 Å². The van der Waals surface area contributed by atoms with Crippen molar-refractivity contribution in [1.29, 1.82) is 0 Å². The van der Waals surface area contributed by atoms with Crippen LogP contribution >= 0.6 is 22.9 Å². The van der Waals surface area contributed by atoms with E-state index in [4.69, 9.17) is 21.3 Å². The van der Waals surface area contributed by atoms with E-state index in [1.165, 1.54) is 4.88 Å². The van der Waals surface area contributed by atoms with Gasteiger partial charge in [-0.25, -0.2) is 0 Å². The number of hydrogen-bond donors (Lipinski definition) is 4. The molecule has 0 radical (unpaired) electrons. The van der Waals surface area contributed by atoms with Gasteiger partial charge in [-0.3, -0.25) is 43.7 Å². The van der Waals surface area contributed by atoms with E-state index in [-0.39, 0.29) is 43.0 Å². The van der Waals surface area contributed by atoms with Crippen LogP contribution in [-0.2, 0) is 37.0 Å². The molecule has 2 saturated heterocycles. The average Bonchev–Trinajstić information content (AvgIpc) is 3.98. The number of anilines is 1. The number of nitrogens with one attached hydrogen (secondary N) is 4. The molecule has 9 rings (SSSR count). The van der Waals surface area contributed by atoms with Crippen LogP contribution in [-0.4, -0.2) is 105 Å². The molecule has 372 valence electrons. The molecule has 0 aliphatic carbocycles. The summed E-state index contributed by atoms with van der Waals surface area (Å²) in [6.45, 7) is 10.6. The molecule has 3 atom stereocenters. The Balaban J connectivity index is 0.713. The third-order valence-electron chi connectivity index (χ3n) is 14.0. The molecule has 2 fully saturated rings. The standard InChI is InChI=1S/C53H61ClN10O6S/c1-32-33(2)71-53-46(32)47(36-17-19-38(54)20-18-36)58-42(49-61-60-34(3)64(49)53)29-45(66)55-23-8-6-4-5-7-9-24-56-51(68)48(62-25-27-70-28-26-62)37-15-13-35(14-16-37)30-57-41-12-10-11-39-40(41)31-63(52(39)69)43-21-22-44(65)59-50(43)67/h10-20,42-43,48,57H,4-9,21-31H2,1-3H3,(H,55,66)(H,56,68)(H,59,65,67)/t42-,43?,48?/m0/s1. The number of amides is 5. The van der Waals surface area contributed by atoms with Gasteiger partial charge in [0.25, 0.3) is 5.91 Å². The van der Waals surface area contributed by atoms with Gasteiger partial charge >= 0.3 is 0 Å². The predicted octanol–water partition coefficient (Wildman–Crippen LogP) is 7.21. The van der Waals surface area contributed by atoms with Gasteiger partial charge < -0.3 is 25.6 Å². The number of halogens is 1. The van der Waals surface area contributed by atoms with Gasteiger partial charge in [0, 0.05) is 83.5 Å². The molecule has 0 saturated carbocycles. The Kier molecular flexibility index (Phi) is 15.7. The van der Waals surface area contributed by atoms with Gasteiger partial charge in [-0.15, -0.1) is 21.5 Å². The monoisotopic (exact) mass is 1000 g/mol. The van der Waals surface area contributed by atoms with Crippen molar-refractivity contribution in [1.82, 2.24) is 40.5 Å². The molecule has 5 aromatic rings. The number of aromatic nitrogens is 3. The molecular formula is C53H61ClN10O6S. The highest BCUT2D eigenvalue weighted by Gasteiger charge is 2.40. The van der Waals surface area contributed by atoms with Crippen LogP contribution in [0.25, 0.3) is 5.00 Å². The molecule has 4 N–H and O–H groups in total. The van der Waals surface area contributed by atoms with E-state index in [9.17, 15) is 24.0 Å². The summed E-state index contributed by atoms with van der Waals surface area (Å²) in [7, 11) is 0. The van der Waals surface area contributed by atoms with Crippen molar-refractivity contribution in [3.05, 3.63) is 127 Å². The summed E-state index contributed by atoms with van der Waals surface area (Å²) >= 11 is 7.95. The first-order chi connectivity index (χ1) is 34.4. The molecule has 6 heterocycles. The minimum atomic E-state index is -0.673. The van der Waals surface area contributed by atoms with Crippen molar-refractivity contribution in [2.45, 2.75) is 110 Å². The van der Waals surface area contributed by atoms with Gasteiger partial charge in [-0.2, -0.15) is 0 Å². The van der Waals surface area contributed by atoms with E-state index in [0.29, 0.717) is 68.8 Å². The van der Waals surface area contributed by atoms with E-state index < -0.39 is 24.0 Å². The van der Waals surface area contributed by atoms with Crippen LogP contribution in [0.15, 0.2) is 71.7 Å². The maximum atomic E-state index is 13.8. The number of thiophene rings is 1. The first-order valence-electron chi connectivity index (χ1n) is 24.8. The number of aliphatic imine (C=N–C) groups is 1. The fourth-order valence-electron chi connectivity index (χ4n) is 10.0. The summed E-state index contributed by atoms with van der Waals surface area (Å²) in [5.74, 6) is 0.366. The minimum absolute atomic E-state index is 0.0222. The van der Waals surface area contributed by atoms with E-state index in [0.717, 1.165) is 94.1 Å². The number of carbonyl (C=O) groups excluding carboxylic acids is 5. The average molecular weight is 1000 g/mol. The molecule has 2 aromatic heterocycles. The maximum Gasteiger partial charge on any atom is 0.255 e. The molecule has 4 aliphatic rings. The third-order valence-corrected chi connectivity index (χ3v) is 15.4. The van der Waals surface area contributed by atoms with Crippen LogP contribution in [0.2, 0.25) is 5.02 Å². The normalized spacial score (nSPS) is 18.2. The Morgan fingerprint density at radius 1 is 0.887 bits per heavy atom. The Labute approximate surface area is 423 Å². The molecular weight excluding hydrogens is 940 g/mol. The Hall–Kier alpha value is -6.27. The summed E-state index contributed by atoms with van der Waals surface area (Å²) < 4.78 is 7.69. The van der Waals surface area contributed by atoms with Crippen LogP contribution in [0.5, 0.6) is 0 Å². The van der Waals surface area contributed by atoms with E-state index in [1.54, 1.807) is 22.3 Å². The number of hydrogen-bond acceptors (Lipinski definition) is 12. The molecule has 0 spiro atoms. The zero-order chi connectivity index (χ0) is 49.6. The van der Waals surface area contributed by atoms with Gasteiger partial charge in [0.15, 0.2) is 5.82 Å². The Bertz CT molecular complexity index is 2820. The van der Waals surface area contributed by atoms with Crippen molar-refractivity contribution in [3.8, 4) is 5.00 Å². The third kappa shape index (κ3) is 11.1. The second kappa shape index (κ2) is 22.4. The second-order valence-corrected chi connectivity index (χ2v) is 20.4. The van der Waals surface area contributed by atoms with Crippen molar-refractivity contribution in [3.63, 3.8) is 0 Å². The van der Waals surface area contributed by atoms with Crippen LogP contribution < -0.4 is 21.3 Å². The number of aryl methyl sites for hydroxylation is 2. The fraction of sp³-hybridized carbons (Fsp3) is 0.434. The molecule has 16 nitrogen and oxygen atoms in total. The number of carbonyl (C=O) groups is 5. The number of rotatable bonds is 19. The summed E-state index contributed by atoms with van der Waals surface area (Å²) in [6.07, 6.45) is 6.47. The molecule has 3 aromatic carbocycles. The topological polar surface area (TPSA) is 192 Å². The lowest BCUT2D eigenvalue weighted by atomic mass is 9.99. The van der Waals surface area contributed by atoms with Crippen LogP contribution in [0.3, 0.4) is 0 Å². The Morgan fingerprint density at radius 2 is 1.61 bits per heavy atom. The zero-order valence-electron chi connectivity index (χ0n) is 40.5. The minimum Gasteiger partial charge on any atom is -0.381 e. The van der Waals surface area contributed by atoms with Gasteiger partial charge in [0.1, 0.15) is 29.0 Å². The lowest BCUT2D eigenvalue weighted by Gasteiger charge is -2.34. The number of ether oxygens (including phenoxy) is 1. The second-order valence-electron chi connectivity index (χ2n) is 18.7. The van der Waals surface area contributed by atoms with Crippen molar-refractivity contribution in [2.75, 3.05) is 44.7 Å². The predicted molar refractivity (Wildman–Crippen MR) is 273 cm³/mol. The van der Waals surface area contributed by atoms with Crippen LogP contribution in [0, 0.1) is 20.8 Å². The fourth-order valence-corrected chi connectivity index (χ4v) is 11.3. The quantitative estimate of drug-likeness (QED) is 0.0486. The van der Waals surface area contributed by atoms with Gasteiger partial charge in [0.2, 0.25) is 23.6 Å². The number of benzene rings is 3. The molecule has 71 heavy (non-hydrogen) atoms. The number of fused-ring (bicyclic) bond motifs is 4. The SMILES string of the molecule is Cc1sc2c(c1C)C(c1ccc(Cl)cc1)=N[C@@H](CC(=O)NCCCCCCCCNC(=O)C(c1ccc(CNc3cccc4c3CN(C3CCC(=O)NC3=O)C4=O)cc1)N1CCOCC1)c1nnc(C)n1-2. The first-order valence-corrected chi connectivity index (χ1v) is 26.0. The van der Waals surface area contributed by atoms with Crippen molar-refractivity contribution >= 4 is 63.9 Å². The number of nitrogens with zero attached hydrogens (tertiary/aromatic N) is 6. The first kappa shape index (κ1) is 49.7. The zero-order valence-corrected chi connectivity index (χ0v) is 42.1. The summed E-state index contributed by atoms with van der Waals surface area (Å²) in [6, 6.07) is 19.7. The largest absolute Gasteiger partial charge is 0.381 e. The number of imide groups is 1. The lowest BCUT2D eigenvalue weighted by molar-refractivity contribution is -0.137. The van der Waals surface area contributed by atoms with E-state index in [1.807, 2.05) is 67.6 Å². The summed E-state index contributed by atoms with van der Waals surface area (Å²) in [4.78, 5) is 75.0. The van der Waals surface area contributed by atoms with Gasteiger partial charge in [-0.05, 0) is 81.0 Å². The molecule has 5 amide bonds. The maximum absolute atomic E-state index is 13.8. The van der Waals surface area contributed by atoms with Crippen LogP contribution in [0.4, 0.5) is 5.69 Å².